The first kappa shape index (κ1) is 25.0. The molecule has 0 saturated carbocycles. The first-order chi connectivity index (χ1) is 12.6. The molecule has 0 aromatic carbocycles. The van der Waals surface area contributed by atoms with E-state index in [1.807, 2.05) is 5.32 Å². The number of hydrogen-bond donors (Lipinski definition) is 9. The predicted molar refractivity (Wildman–Crippen MR) is 100 cm³/mol. The molecule has 12 nitrogen and oxygen atoms in total. The maximum Gasteiger partial charge on any atom is 0.328 e. The SMILES string of the molecule is NC(=O)CC(NC(=O)C(N)CS)C(=O)NC(CS)C(=O)NC(CO)C(=O)O. The van der Waals surface area contributed by atoms with E-state index in [2.05, 4.69) is 35.9 Å². The Morgan fingerprint density at radius 2 is 1.33 bits per heavy atom. The summed E-state index contributed by atoms with van der Waals surface area (Å²) in [6.45, 7) is -0.865. The molecule has 0 fully saturated rings. The second kappa shape index (κ2) is 12.4. The van der Waals surface area contributed by atoms with Crippen LogP contribution in [0.3, 0.4) is 0 Å². The lowest BCUT2D eigenvalue weighted by Crippen LogP contribution is -2.58. The largest absolute Gasteiger partial charge is 0.480 e. The van der Waals surface area contributed by atoms with Crippen molar-refractivity contribution < 1.29 is 34.2 Å². The van der Waals surface area contributed by atoms with Crippen LogP contribution in [0.1, 0.15) is 6.42 Å². The van der Waals surface area contributed by atoms with Gasteiger partial charge in [0.25, 0.3) is 0 Å². The predicted octanol–water partition coefficient (Wildman–Crippen LogP) is -4.42. The van der Waals surface area contributed by atoms with E-state index in [1.54, 1.807) is 0 Å². The molecular formula is C13H23N5O7S2. The van der Waals surface area contributed by atoms with Crippen molar-refractivity contribution in [3.05, 3.63) is 0 Å². The lowest BCUT2D eigenvalue weighted by atomic mass is 10.1. The Morgan fingerprint density at radius 1 is 0.852 bits per heavy atom. The molecule has 0 spiro atoms. The highest BCUT2D eigenvalue weighted by Crippen LogP contribution is 1.98. The minimum absolute atomic E-state index is 0.0177. The van der Waals surface area contributed by atoms with E-state index in [0.717, 1.165) is 0 Å². The van der Waals surface area contributed by atoms with E-state index >= 15 is 0 Å². The Labute approximate surface area is 165 Å². The molecule has 154 valence electrons. The van der Waals surface area contributed by atoms with E-state index in [-0.39, 0.29) is 11.5 Å². The number of primary amides is 1. The average Bonchev–Trinajstić information content (AvgIpc) is 2.61. The fourth-order valence-corrected chi connectivity index (χ4v) is 2.12. The van der Waals surface area contributed by atoms with Crippen molar-refractivity contribution in [2.45, 2.75) is 30.6 Å². The van der Waals surface area contributed by atoms with Gasteiger partial charge in [-0.05, 0) is 0 Å². The molecule has 4 atom stereocenters. The summed E-state index contributed by atoms with van der Waals surface area (Å²) in [5.41, 5.74) is 10.5. The molecule has 0 saturated heterocycles. The van der Waals surface area contributed by atoms with Gasteiger partial charge in [-0.25, -0.2) is 4.79 Å². The number of carboxylic acids is 1. The average molecular weight is 425 g/mol. The van der Waals surface area contributed by atoms with Gasteiger partial charge in [-0.15, -0.1) is 0 Å². The summed E-state index contributed by atoms with van der Waals surface area (Å²) >= 11 is 7.74. The third-order valence-electron chi connectivity index (χ3n) is 3.18. The van der Waals surface area contributed by atoms with Gasteiger partial charge in [-0.1, -0.05) is 0 Å². The summed E-state index contributed by atoms with van der Waals surface area (Å²) in [6.07, 6.45) is -0.563. The molecule has 0 radical (unpaired) electrons. The van der Waals surface area contributed by atoms with Gasteiger partial charge in [0.05, 0.1) is 19.1 Å². The van der Waals surface area contributed by atoms with Crippen molar-refractivity contribution in [1.82, 2.24) is 16.0 Å². The standard InChI is InChI=1S/C13H23N5O7S2/c14-5(3-26)10(21)16-6(1-9(15)20)11(22)18-8(4-27)12(23)17-7(2-19)13(24)25/h5-8,19,26-27H,1-4,14H2,(H2,15,20)(H,16,21)(H,17,23)(H,18,22)(H,24,25). The van der Waals surface area contributed by atoms with Crippen LogP contribution in [-0.2, 0) is 24.0 Å². The van der Waals surface area contributed by atoms with Crippen LogP contribution in [0.15, 0.2) is 0 Å². The van der Waals surface area contributed by atoms with Crippen molar-refractivity contribution in [1.29, 1.82) is 0 Å². The maximum absolute atomic E-state index is 12.3. The molecule has 0 heterocycles. The quantitative estimate of drug-likeness (QED) is 0.139. The highest BCUT2D eigenvalue weighted by Gasteiger charge is 2.30. The Morgan fingerprint density at radius 3 is 1.74 bits per heavy atom. The Hall–Kier alpha value is -2.03. The van der Waals surface area contributed by atoms with Crippen molar-refractivity contribution in [3.8, 4) is 0 Å². The van der Waals surface area contributed by atoms with E-state index in [4.69, 9.17) is 21.7 Å². The van der Waals surface area contributed by atoms with Crippen LogP contribution in [0.25, 0.3) is 0 Å². The first-order valence-electron chi connectivity index (χ1n) is 7.57. The summed E-state index contributed by atoms with van der Waals surface area (Å²) in [4.78, 5) is 58.2. The van der Waals surface area contributed by atoms with Crippen molar-refractivity contribution in [2.75, 3.05) is 18.1 Å². The van der Waals surface area contributed by atoms with Crippen molar-refractivity contribution in [3.63, 3.8) is 0 Å². The van der Waals surface area contributed by atoms with Crippen LogP contribution < -0.4 is 27.4 Å². The number of aliphatic carboxylic acids is 1. The minimum atomic E-state index is -1.58. The number of amides is 4. The highest BCUT2D eigenvalue weighted by atomic mass is 32.1. The van der Waals surface area contributed by atoms with Gasteiger partial charge >= 0.3 is 5.97 Å². The van der Waals surface area contributed by atoms with Crippen LogP contribution in [-0.4, -0.2) is 82.1 Å². The molecule has 27 heavy (non-hydrogen) atoms. The summed E-state index contributed by atoms with van der Waals surface area (Å²) in [5, 5.41) is 24.2. The van der Waals surface area contributed by atoms with E-state index < -0.39 is 66.8 Å². The zero-order chi connectivity index (χ0) is 21.1. The molecule has 0 aliphatic heterocycles. The van der Waals surface area contributed by atoms with Gasteiger partial charge in [0.1, 0.15) is 18.1 Å². The number of hydrogen-bond acceptors (Lipinski definition) is 9. The zero-order valence-corrected chi connectivity index (χ0v) is 15.9. The van der Waals surface area contributed by atoms with Crippen LogP contribution in [0, 0.1) is 0 Å². The van der Waals surface area contributed by atoms with Crippen molar-refractivity contribution >= 4 is 54.9 Å². The third kappa shape index (κ3) is 8.94. The summed E-state index contributed by atoms with van der Waals surface area (Å²) in [6, 6.07) is -5.34. The lowest BCUT2D eigenvalue weighted by Gasteiger charge is -2.23. The van der Waals surface area contributed by atoms with Crippen molar-refractivity contribution in [2.24, 2.45) is 11.5 Å². The minimum Gasteiger partial charge on any atom is -0.480 e. The summed E-state index contributed by atoms with van der Waals surface area (Å²) < 4.78 is 0. The van der Waals surface area contributed by atoms with E-state index in [1.165, 1.54) is 0 Å². The molecule has 0 bridgehead atoms. The van der Waals surface area contributed by atoms with Gasteiger partial charge in [0.2, 0.25) is 23.6 Å². The maximum atomic E-state index is 12.3. The van der Waals surface area contributed by atoms with Gasteiger partial charge in [0.15, 0.2) is 0 Å². The summed E-state index contributed by atoms with van der Waals surface area (Å²) in [5.74, 6) is -5.25. The number of carbonyl (C=O) groups excluding carboxylic acids is 4. The van der Waals surface area contributed by atoms with Gasteiger partial charge < -0.3 is 37.6 Å². The molecule has 14 heteroatoms. The first-order valence-corrected chi connectivity index (χ1v) is 8.84. The molecule has 0 aromatic heterocycles. The molecule has 0 aliphatic rings. The van der Waals surface area contributed by atoms with Crippen LogP contribution in [0.4, 0.5) is 0 Å². The third-order valence-corrected chi connectivity index (χ3v) is 3.94. The second-order valence-electron chi connectivity index (χ2n) is 5.35. The topological polar surface area (TPSA) is 214 Å². The fourth-order valence-electron chi connectivity index (χ4n) is 1.70. The highest BCUT2D eigenvalue weighted by molar-refractivity contribution is 7.80. The number of aliphatic hydroxyl groups excluding tert-OH is 1. The molecule has 4 unspecified atom stereocenters. The van der Waals surface area contributed by atoms with Crippen LogP contribution in [0.5, 0.6) is 0 Å². The Kier molecular flexibility index (Phi) is 11.4. The van der Waals surface area contributed by atoms with Gasteiger partial charge in [-0.2, -0.15) is 25.3 Å². The molecule has 0 aliphatic carbocycles. The number of thiol groups is 2. The molecule has 9 N–H and O–H groups in total. The lowest BCUT2D eigenvalue weighted by molar-refractivity contribution is -0.143. The normalized spacial score (nSPS) is 15.0. The molecular weight excluding hydrogens is 402 g/mol. The summed E-state index contributed by atoms with van der Waals surface area (Å²) in [7, 11) is 0. The number of rotatable bonds is 12. The number of carbonyl (C=O) groups is 5. The van der Waals surface area contributed by atoms with Crippen LogP contribution in [0.2, 0.25) is 0 Å². The molecule has 4 amide bonds. The number of nitrogens with two attached hydrogens (primary N) is 2. The fraction of sp³-hybridized carbons (Fsp3) is 0.615. The smallest absolute Gasteiger partial charge is 0.328 e. The van der Waals surface area contributed by atoms with Gasteiger partial charge in [0, 0.05) is 11.5 Å². The number of aliphatic hydroxyl groups is 1. The number of carboxylic acid groups (broad SMARTS) is 1. The van der Waals surface area contributed by atoms with E-state index in [9.17, 15) is 24.0 Å². The van der Waals surface area contributed by atoms with E-state index in [0.29, 0.717) is 0 Å². The number of nitrogens with one attached hydrogen (secondary N) is 3. The van der Waals surface area contributed by atoms with Gasteiger partial charge in [-0.3, -0.25) is 19.2 Å². The second-order valence-corrected chi connectivity index (χ2v) is 6.08. The zero-order valence-electron chi connectivity index (χ0n) is 14.1. The Bertz CT molecular complexity index is 577. The molecule has 0 rings (SSSR count). The molecule has 0 aromatic rings. The Balaban J connectivity index is 5.13. The van der Waals surface area contributed by atoms with Crippen LogP contribution >= 0.6 is 25.3 Å². The monoisotopic (exact) mass is 425 g/mol.